The Balaban J connectivity index is 2.81. The quantitative estimate of drug-likeness (QED) is 0.783. The third-order valence-corrected chi connectivity index (χ3v) is 2.50. The molecule has 0 heterocycles. The fourth-order valence-corrected chi connectivity index (χ4v) is 1.54. The molecule has 0 unspecified atom stereocenters. The lowest BCUT2D eigenvalue weighted by atomic mass is 10.0. The number of nitrogens with two attached hydrogens (primary N) is 1. The van der Waals surface area contributed by atoms with Gasteiger partial charge in [0.15, 0.2) is 0 Å². The van der Waals surface area contributed by atoms with Gasteiger partial charge in [0.25, 0.3) is 0 Å². The van der Waals surface area contributed by atoms with Crippen molar-refractivity contribution in [2.45, 2.75) is 32.2 Å². The average molecular weight is 209 g/mol. The standard InChI is InChI=1S/C12H19NO2/c1-3-4-5-11(13)10-8-9(15-2)6-7-12(10)14/h6-8,11,14H,3-5,13H2,1-2H3/t11-/m1/s1. The van der Waals surface area contributed by atoms with E-state index >= 15 is 0 Å². The first-order valence-electron chi connectivity index (χ1n) is 5.31. The Morgan fingerprint density at radius 3 is 2.80 bits per heavy atom. The normalized spacial score (nSPS) is 12.5. The molecule has 0 fully saturated rings. The number of methoxy groups -OCH3 is 1. The van der Waals surface area contributed by atoms with E-state index in [1.807, 2.05) is 0 Å². The van der Waals surface area contributed by atoms with Crippen molar-refractivity contribution in [2.24, 2.45) is 5.73 Å². The van der Waals surface area contributed by atoms with Gasteiger partial charge >= 0.3 is 0 Å². The molecule has 0 spiro atoms. The molecule has 0 aliphatic carbocycles. The Morgan fingerprint density at radius 2 is 2.20 bits per heavy atom. The van der Waals surface area contributed by atoms with Crippen LogP contribution < -0.4 is 10.5 Å². The monoisotopic (exact) mass is 209 g/mol. The number of phenolic OH excluding ortho intramolecular Hbond substituents is 1. The van der Waals surface area contributed by atoms with Crippen LogP contribution in [0.2, 0.25) is 0 Å². The van der Waals surface area contributed by atoms with Crippen molar-refractivity contribution >= 4 is 0 Å². The molecule has 0 aliphatic rings. The predicted molar refractivity (Wildman–Crippen MR) is 61.1 cm³/mol. The number of benzene rings is 1. The van der Waals surface area contributed by atoms with Gasteiger partial charge in [-0.05, 0) is 24.6 Å². The van der Waals surface area contributed by atoms with Crippen LogP contribution in [0, 0.1) is 0 Å². The molecule has 0 aliphatic heterocycles. The minimum atomic E-state index is -0.111. The maximum absolute atomic E-state index is 9.66. The summed E-state index contributed by atoms with van der Waals surface area (Å²) in [5.41, 5.74) is 6.76. The highest BCUT2D eigenvalue weighted by Crippen LogP contribution is 2.29. The average Bonchev–Trinajstić information content (AvgIpc) is 2.26. The molecule has 3 heteroatoms. The highest BCUT2D eigenvalue weighted by atomic mass is 16.5. The van der Waals surface area contributed by atoms with Crippen LogP contribution in [0.5, 0.6) is 11.5 Å². The second-order valence-corrected chi connectivity index (χ2v) is 3.67. The van der Waals surface area contributed by atoms with E-state index in [-0.39, 0.29) is 11.8 Å². The summed E-state index contributed by atoms with van der Waals surface area (Å²) >= 11 is 0. The van der Waals surface area contributed by atoms with Crippen LogP contribution in [-0.2, 0) is 0 Å². The van der Waals surface area contributed by atoms with Crippen LogP contribution in [-0.4, -0.2) is 12.2 Å². The lowest BCUT2D eigenvalue weighted by Crippen LogP contribution is -2.10. The number of hydrogen-bond donors (Lipinski definition) is 2. The van der Waals surface area contributed by atoms with Gasteiger partial charge in [0.05, 0.1) is 7.11 Å². The highest BCUT2D eigenvalue weighted by molar-refractivity contribution is 5.41. The fourth-order valence-electron chi connectivity index (χ4n) is 1.54. The Bertz CT molecular complexity index is 312. The van der Waals surface area contributed by atoms with Crippen LogP contribution in [0.25, 0.3) is 0 Å². The largest absolute Gasteiger partial charge is 0.508 e. The predicted octanol–water partition coefficient (Wildman–Crippen LogP) is 2.59. The van der Waals surface area contributed by atoms with Gasteiger partial charge in [0.2, 0.25) is 0 Å². The fraction of sp³-hybridized carbons (Fsp3) is 0.500. The van der Waals surface area contributed by atoms with Crippen molar-refractivity contribution < 1.29 is 9.84 Å². The molecule has 1 rings (SSSR count). The van der Waals surface area contributed by atoms with Crippen molar-refractivity contribution in [2.75, 3.05) is 7.11 Å². The van der Waals surface area contributed by atoms with E-state index < -0.39 is 0 Å². The minimum absolute atomic E-state index is 0.111. The smallest absolute Gasteiger partial charge is 0.120 e. The van der Waals surface area contributed by atoms with E-state index in [2.05, 4.69) is 6.92 Å². The first-order valence-corrected chi connectivity index (χ1v) is 5.31. The van der Waals surface area contributed by atoms with Crippen LogP contribution in [0.15, 0.2) is 18.2 Å². The Hall–Kier alpha value is -1.22. The molecule has 84 valence electrons. The molecule has 0 bridgehead atoms. The van der Waals surface area contributed by atoms with Crippen molar-refractivity contribution in [3.8, 4) is 11.5 Å². The second kappa shape index (κ2) is 5.61. The van der Waals surface area contributed by atoms with E-state index in [1.54, 1.807) is 25.3 Å². The lowest BCUT2D eigenvalue weighted by Gasteiger charge is -2.14. The molecular weight excluding hydrogens is 190 g/mol. The molecule has 15 heavy (non-hydrogen) atoms. The van der Waals surface area contributed by atoms with Gasteiger partial charge in [-0.3, -0.25) is 0 Å². The topological polar surface area (TPSA) is 55.5 Å². The molecule has 0 aromatic heterocycles. The summed E-state index contributed by atoms with van der Waals surface area (Å²) in [7, 11) is 1.60. The van der Waals surface area contributed by atoms with Crippen molar-refractivity contribution in [1.82, 2.24) is 0 Å². The Labute approximate surface area is 90.9 Å². The highest BCUT2D eigenvalue weighted by Gasteiger charge is 2.11. The lowest BCUT2D eigenvalue weighted by molar-refractivity contribution is 0.408. The first kappa shape index (κ1) is 11.9. The van der Waals surface area contributed by atoms with Gasteiger partial charge in [-0.2, -0.15) is 0 Å². The maximum atomic E-state index is 9.66. The maximum Gasteiger partial charge on any atom is 0.120 e. The number of phenols is 1. The molecular formula is C12H19NO2. The number of rotatable bonds is 5. The van der Waals surface area contributed by atoms with Gasteiger partial charge < -0.3 is 15.6 Å². The third kappa shape index (κ3) is 3.13. The van der Waals surface area contributed by atoms with E-state index in [9.17, 15) is 5.11 Å². The number of unbranched alkanes of at least 4 members (excludes halogenated alkanes) is 1. The van der Waals surface area contributed by atoms with Gasteiger partial charge in [-0.25, -0.2) is 0 Å². The zero-order valence-corrected chi connectivity index (χ0v) is 9.36. The zero-order valence-electron chi connectivity index (χ0n) is 9.36. The van der Waals surface area contributed by atoms with Crippen LogP contribution in [0.1, 0.15) is 37.8 Å². The van der Waals surface area contributed by atoms with Crippen molar-refractivity contribution in [3.05, 3.63) is 23.8 Å². The van der Waals surface area contributed by atoms with Crippen LogP contribution in [0.4, 0.5) is 0 Å². The molecule has 0 radical (unpaired) electrons. The van der Waals surface area contributed by atoms with Crippen molar-refractivity contribution in [3.63, 3.8) is 0 Å². The summed E-state index contributed by atoms with van der Waals surface area (Å²) in [6, 6.07) is 5.04. The molecule has 1 atom stereocenters. The molecule has 0 saturated heterocycles. The number of hydrogen-bond acceptors (Lipinski definition) is 3. The summed E-state index contributed by atoms with van der Waals surface area (Å²) in [6.07, 6.45) is 3.06. The van der Waals surface area contributed by atoms with Gasteiger partial charge in [-0.1, -0.05) is 19.8 Å². The Morgan fingerprint density at radius 1 is 1.47 bits per heavy atom. The van der Waals surface area contributed by atoms with E-state index in [4.69, 9.17) is 10.5 Å². The van der Waals surface area contributed by atoms with Gasteiger partial charge in [0, 0.05) is 11.6 Å². The summed E-state index contributed by atoms with van der Waals surface area (Å²) in [6.45, 7) is 2.12. The Kier molecular flexibility index (Phi) is 4.43. The number of aromatic hydroxyl groups is 1. The van der Waals surface area contributed by atoms with E-state index in [0.717, 1.165) is 30.6 Å². The third-order valence-electron chi connectivity index (χ3n) is 2.50. The molecule has 1 aromatic rings. The first-order chi connectivity index (χ1) is 7.19. The van der Waals surface area contributed by atoms with E-state index in [0.29, 0.717) is 0 Å². The van der Waals surface area contributed by atoms with Gasteiger partial charge in [-0.15, -0.1) is 0 Å². The summed E-state index contributed by atoms with van der Waals surface area (Å²) in [5.74, 6) is 0.981. The van der Waals surface area contributed by atoms with Crippen molar-refractivity contribution in [1.29, 1.82) is 0 Å². The zero-order chi connectivity index (χ0) is 11.3. The molecule has 1 aromatic carbocycles. The van der Waals surface area contributed by atoms with Crippen LogP contribution >= 0.6 is 0 Å². The summed E-state index contributed by atoms with van der Waals surface area (Å²) in [5, 5.41) is 9.66. The summed E-state index contributed by atoms with van der Waals surface area (Å²) in [4.78, 5) is 0. The second-order valence-electron chi connectivity index (χ2n) is 3.67. The molecule has 0 saturated carbocycles. The summed E-state index contributed by atoms with van der Waals surface area (Å²) < 4.78 is 5.10. The molecule has 0 amide bonds. The van der Waals surface area contributed by atoms with E-state index in [1.165, 1.54) is 0 Å². The molecule has 3 N–H and O–H groups in total. The SMILES string of the molecule is CCCC[C@@H](N)c1cc(OC)ccc1O. The van der Waals surface area contributed by atoms with Crippen LogP contribution in [0.3, 0.4) is 0 Å². The minimum Gasteiger partial charge on any atom is -0.508 e. The number of ether oxygens (including phenoxy) is 1. The van der Waals surface area contributed by atoms with Gasteiger partial charge in [0.1, 0.15) is 11.5 Å². The molecule has 3 nitrogen and oxygen atoms in total.